The van der Waals surface area contributed by atoms with E-state index in [1.54, 1.807) is 11.3 Å². The molecule has 3 heterocycles. The average Bonchev–Trinajstić information content (AvgIpc) is 3.47. The maximum Gasteiger partial charge on any atom is 0.154 e. The molecule has 6 aromatic rings. The van der Waals surface area contributed by atoms with Crippen LogP contribution in [0.25, 0.3) is 48.6 Å². The van der Waals surface area contributed by atoms with Crippen LogP contribution in [0.4, 0.5) is 0 Å². The molecule has 0 saturated heterocycles. The molecular formula is C28H19N3OS. The number of hydrogen-bond donors (Lipinski definition) is 0. The van der Waals surface area contributed by atoms with Gasteiger partial charge in [0.25, 0.3) is 0 Å². The fourth-order valence-electron chi connectivity index (χ4n) is 4.61. The predicted octanol–water partition coefficient (Wildman–Crippen LogP) is 7.64. The van der Waals surface area contributed by atoms with Crippen LogP contribution in [0.15, 0.2) is 84.9 Å². The van der Waals surface area contributed by atoms with Gasteiger partial charge in [-0.05, 0) is 47.5 Å². The van der Waals surface area contributed by atoms with Crippen LogP contribution in [0, 0.1) is 0 Å². The second-order valence-corrected chi connectivity index (χ2v) is 9.22. The van der Waals surface area contributed by atoms with Crippen LogP contribution in [0.5, 0.6) is 11.5 Å². The average molecular weight is 446 g/mol. The number of para-hydroxylation sites is 3. The lowest BCUT2D eigenvalue weighted by Crippen LogP contribution is -2.07. The van der Waals surface area contributed by atoms with Gasteiger partial charge in [-0.1, -0.05) is 55.5 Å². The zero-order chi connectivity index (χ0) is 21.9. The Hall–Kier alpha value is -3.96. The van der Waals surface area contributed by atoms with E-state index < -0.39 is 0 Å². The van der Waals surface area contributed by atoms with E-state index in [-0.39, 0.29) is 0 Å². The maximum absolute atomic E-state index is 6.33. The molecule has 0 radical (unpaired) electrons. The van der Waals surface area contributed by atoms with E-state index in [4.69, 9.17) is 14.7 Å². The molecule has 7 rings (SSSR count). The van der Waals surface area contributed by atoms with E-state index in [2.05, 4.69) is 72.2 Å². The van der Waals surface area contributed by atoms with Gasteiger partial charge in [-0.3, -0.25) is 4.57 Å². The van der Waals surface area contributed by atoms with E-state index in [9.17, 15) is 0 Å². The molecule has 5 heteroatoms. The van der Waals surface area contributed by atoms with E-state index in [1.807, 2.05) is 24.3 Å². The highest BCUT2D eigenvalue weighted by Gasteiger charge is 2.24. The Labute approximate surface area is 194 Å². The third-order valence-electron chi connectivity index (χ3n) is 6.19. The normalized spacial score (nSPS) is 12.2. The largest absolute Gasteiger partial charge is 0.453 e. The van der Waals surface area contributed by atoms with E-state index in [0.717, 1.165) is 67.7 Å². The van der Waals surface area contributed by atoms with Crippen molar-refractivity contribution in [3.05, 3.63) is 90.8 Å². The Kier molecular flexibility index (Phi) is 3.96. The fraction of sp³-hybridized carbons (Fsp3) is 0.0714. The molecule has 2 aromatic heterocycles. The van der Waals surface area contributed by atoms with E-state index in [0.29, 0.717) is 0 Å². The number of thiazole rings is 1. The van der Waals surface area contributed by atoms with Crippen LogP contribution >= 0.6 is 11.3 Å². The van der Waals surface area contributed by atoms with Crippen LogP contribution in [-0.4, -0.2) is 14.5 Å². The van der Waals surface area contributed by atoms with Gasteiger partial charge in [0.1, 0.15) is 16.3 Å². The van der Waals surface area contributed by atoms with Gasteiger partial charge in [0.2, 0.25) is 0 Å². The lowest BCUT2D eigenvalue weighted by Gasteiger charge is -2.21. The quantitative estimate of drug-likeness (QED) is 0.281. The van der Waals surface area contributed by atoms with Crippen LogP contribution in [0.1, 0.15) is 12.7 Å². The van der Waals surface area contributed by atoms with Crippen molar-refractivity contribution in [2.24, 2.45) is 0 Å². The standard InChI is InChI=1S/C28H19N3OS/c1-2-26-29-21-15-19(16-24-27(21)31(26)22-8-4-5-9-23(22)32-24)17-11-13-18(14-12-17)28-30-20-7-3-6-10-25(20)33-28/h3-16H,2H2,1H3. The number of hydrogen-bond acceptors (Lipinski definition) is 4. The van der Waals surface area contributed by atoms with Crippen LogP contribution in [0.2, 0.25) is 0 Å². The van der Waals surface area contributed by atoms with Gasteiger partial charge in [0.15, 0.2) is 11.5 Å². The Morgan fingerprint density at radius 2 is 1.55 bits per heavy atom. The van der Waals surface area contributed by atoms with Gasteiger partial charge < -0.3 is 4.74 Å². The molecule has 0 saturated carbocycles. The predicted molar refractivity (Wildman–Crippen MR) is 135 cm³/mol. The highest BCUT2D eigenvalue weighted by atomic mass is 32.1. The third-order valence-corrected chi connectivity index (χ3v) is 7.27. The smallest absolute Gasteiger partial charge is 0.154 e. The molecule has 4 aromatic carbocycles. The van der Waals surface area contributed by atoms with Crippen LogP contribution in [-0.2, 0) is 6.42 Å². The van der Waals surface area contributed by atoms with Crippen molar-refractivity contribution in [1.29, 1.82) is 0 Å². The summed E-state index contributed by atoms with van der Waals surface area (Å²) in [5.74, 6) is 2.76. The first-order chi connectivity index (χ1) is 16.3. The monoisotopic (exact) mass is 445 g/mol. The molecule has 0 atom stereocenters. The summed E-state index contributed by atoms with van der Waals surface area (Å²) in [5.41, 5.74) is 7.46. The minimum atomic E-state index is 0.851. The molecule has 0 amide bonds. The number of aryl methyl sites for hydroxylation is 1. The summed E-state index contributed by atoms with van der Waals surface area (Å²) in [6.45, 7) is 2.14. The van der Waals surface area contributed by atoms with E-state index in [1.165, 1.54) is 4.70 Å². The number of rotatable bonds is 3. The van der Waals surface area contributed by atoms with E-state index >= 15 is 0 Å². The minimum absolute atomic E-state index is 0.851. The second kappa shape index (κ2) is 7.02. The summed E-state index contributed by atoms with van der Waals surface area (Å²) in [7, 11) is 0. The first-order valence-electron chi connectivity index (χ1n) is 11.1. The molecule has 158 valence electrons. The van der Waals surface area contributed by atoms with Crippen molar-refractivity contribution >= 4 is 32.6 Å². The highest BCUT2D eigenvalue weighted by Crippen LogP contribution is 2.43. The summed E-state index contributed by atoms with van der Waals surface area (Å²) in [5, 5.41) is 1.04. The molecule has 0 N–H and O–H groups in total. The zero-order valence-corrected chi connectivity index (χ0v) is 18.8. The molecule has 1 aliphatic rings. The number of aromatic nitrogens is 3. The van der Waals surface area contributed by atoms with Gasteiger partial charge in [-0.25, -0.2) is 9.97 Å². The van der Waals surface area contributed by atoms with Crippen molar-refractivity contribution in [1.82, 2.24) is 14.5 Å². The van der Waals surface area contributed by atoms with Crippen molar-refractivity contribution in [3.63, 3.8) is 0 Å². The number of fused-ring (bicyclic) bond motifs is 3. The number of imidazole rings is 1. The lowest BCUT2D eigenvalue weighted by molar-refractivity contribution is 0.474. The molecule has 0 spiro atoms. The summed E-state index contributed by atoms with van der Waals surface area (Å²) >= 11 is 1.72. The molecule has 4 nitrogen and oxygen atoms in total. The summed E-state index contributed by atoms with van der Waals surface area (Å²) in [6, 6.07) is 29.3. The minimum Gasteiger partial charge on any atom is -0.453 e. The first-order valence-corrected chi connectivity index (χ1v) is 11.9. The van der Waals surface area contributed by atoms with Crippen LogP contribution < -0.4 is 4.74 Å². The zero-order valence-electron chi connectivity index (χ0n) is 17.9. The van der Waals surface area contributed by atoms with Crippen molar-refractivity contribution in [3.8, 4) is 38.9 Å². The maximum atomic E-state index is 6.33. The number of nitrogens with zero attached hydrogens (tertiary/aromatic N) is 3. The molecular weight excluding hydrogens is 426 g/mol. The highest BCUT2D eigenvalue weighted by molar-refractivity contribution is 7.21. The van der Waals surface area contributed by atoms with Gasteiger partial charge in [0.05, 0.1) is 21.4 Å². The molecule has 33 heavy (non-hydrogen) atoms. The topological polar surface area (TPSA) is 39.9 Å². The molecule has 0 unspecified atom stereocenters. The summed E-state index contributed by atoms with van der Waals surface area (Å²) < 4.78 is 9.78. The van der Waals surface area contributed by atoms with Crippen molar-refractivity contribution in [2.75, 3.05) is 0 Å². The van der Waals surface area contributed by atoms with Gasteiger partial charge >= 0.3 is 0 Å². The SMILES string of the molecule is CCc1nc2cc(-c3ccc(-c4nc5ccccc5s4)cc3)cc3c2n1-c1ccccc1O3. The Morgan fingerprint density at radius 3 is 2.39 bits per heavy atom. The van der Waals surface area contributed by atoms with Crippen molar-refractivity contribution in [2.45, 2.75) is 13.3 Å². The summed E-state index contributed by atoms with van der Waals surface area (Å²) in [6.07, 6.45) is 0.856. The van der Waals surface area contributed by atoms with Crippen molar-refractivity contribution < 1.29 is 4.74 Å². The third kappa shape index (κ3) is 2.82. The Morgan fingerprint density at radius 1 is 0.758 bits per heavy atom. The lowest BCUT2D eigenvalue weighted by atomic mass is 10.0. The number of ether oxygens (including phenoxy) is 1. The Bertz CT molecular complexity index is 1640. The van der Waals surface area contributed by atoms with Gasteiger partial charge in [-0.2, -0.15) is 0 Å². The molecule has 1 aliphatic heterocycles. The van der Waals surface area contributed by atoms with Gasteiger partial charge in [0, 0.05) is 12.0 Å². The molecule has 0 fully saturated rings. The Balaban J connectivity index is 1.33. The van der Waals surface area contributed by atoms with Crippen LogP contribution in [0.3, 0.4) is 0 Å². The first kappa shape index (κ1) is 18.6. The number of benzene rings is 4. The molecule has 0 aliphatic carbocycles. The summed E-state index contributed by atoms with van der Waals surface area (Å²) in [4.78, 5) is 9.74. The molecule has 0 bridgehead atoms. The van der Waals surface area contributed by atoms with Gasteiger partial charge in [-0.15, -0.1) is 11.3 Å². The second-order valence-electron chi connectivity index (χ2n) is 8.19. The fourth-order valence-corrected chi connectivity index (χ4v) is 5.58.